The molecule has 3 aromatic rings. The molecule has 0 radical (unpaired) electrons. The summed E-state index contributed by atoms with van der Waals surface area (Å²) < 4.78 is 1.87. The molecule has 1 aromatic heterocycles. The Labute approximate surface area is 214 Å². The normalized spacial score (nSPS) is 12.8. The van der Waals surface area contributed by atoms with Crippen molar-refractivity contribution in [2.75, 3.05) is 6.54 Å². The van der Waals surface area contributed by atoms with Crippen LogP contribution in [-0.4, -0.2) is 33.0 Å². The number of nitro benzene ring substituents is 1. The molecule has 10 heteroatoms. The lowest BCUT2D eigenvalue weighted by Gasteiger charge is -2.25. The van der Waals surface area contributed by atoms with Crippen molar-refractivity contribution in [2.24, 2.45) is 5.92 Å². The van der Waals surface area contributed by atoms with Gasteiger partial charge in [0, 0.05) is 49.7 Å². The lowest BCUT2D eigenvalue weighted by atomic mass is 9.98. The summed E-state index contributed by atoms with van der Waals surface area (Å²) in [6.07, 6.45) is 4.43. The zero-order chi connectivity index (χ0) is 25.4. The van der Waals surface area contributed by atoms with E-state index in [9.17, 15) is 14.9 Å². The van der Waals surface area contributed by atoms with Crippen molar-refractivity contribution >= 4 is 34.8 Å². The third-order valence-electron chi connectivity index (χ3n) is 6.03. The first-order chi connectivity index (χ1) is 16.8. The molecule has 8 nitrogen and oxygen atoms in total. The molecule has 35 heavy (non-hydrogen) atoms. The fourth-order valence-electron chi connectivity index (χ4n) is 3.71. The third kappa shape index (κ3) is 7.52. The van der Waals surface area contributed by atoms with E-state index in [4.69, 9.17) is 23.2 Å². The zero-order valence-corrected chi connectivity index (χ0v) is 21.2. The van der Waals surface area contributed by atoms with E-state index in [1.54, 1.807) is 30.7 Å². The number of halogens is 2. The number of imidazole rings is 1. The number of non-ortho nitro benzene ring substituents is 1. The fraction of sp³-hybridized carbons (Fsp3) is 0.360. The number of nitrogens with one attached hydrogen (secondary N) is 2. The van der Waals surface area contributed by atoms with Gasteiger partial charge in [0.05, 0.1) is 27.7 Å². The average molecular weight is 518 g/mol. The van der Waals surface area contributed by atoms with Crippen LogP contribution in [0.5, 0.6) is 0 Å². The Morgan fingerprint density at radius 3 is 2.63 bits per heavy atom. The molecular formula is C25H29Cl2N5O3. The second kappa shape index (κ2) is 12.7. The van der Waals surface area contributed by atoms with Gasteiger partial charge in [-0.05, 0) is 23.1 Å². The minimum absolute atomic E-state index is 0.0429. The molecule has 2 atom stereocenters. The number of carbonyl (C=O) groups excluding carboxylic acids is 1. The molecule has 0 aliphatic carbocycles. The van der Waals surface area contributed by atoms with Crippen molar-refractivity contribution in [3.8, 4) is 0 Å². The van der Waals surface area contributed by atoms with E-state index in [1.807, 2.05) is 16.7 Å². The Morgan fingerprint density at radius 2 is 1.94 bits per heavy atom. The molecule has 2 N–H and O–H groups in total. The van der Waals surface area contributed by atoms with Gasteiger partial charge in [-0.1, -0.05) is 67.7 Å². The molecule has 1 heterocycles. The first-order valence-electron chi connectivity index (χ1n) is 11.4. The topological polar surface area (TPSA) is 102 Å². The van der Waals surface area contributed by atoms with Crippen LogP contribution in [0.15, 0.2) is 55.0 Å². The van der Waals surface area contributed by atoms with E-state index in [1.165, 1.54) is 12.1 Å². The van der Waals surface area contributed by atoms with Crippen molar-refractivity contribution in [1.29, 1.82) is 0 Å². The summed E-state index contributed by atoms with van der Waals surface area (Å²) in [7, 11) is 0. The van der Waals surface area contributed by atoms with Gasteiger partial charge in [-0.25, -0.2) is 4.98 Å². The van der Waals surface area contributed by atoms with E-state index in [0.717, 1.165) is 23.2 Å². The maximum Gasteiger partial charge on any atom is 0.269 e. The van der Waals surface area contributed by atoms with Gasteiger partial charge in [-0.2, -0.15) is 0 Å². The highest BCUT2D eigenvalue weighted by atomic mass is 35.5. The van der Waals surface area contributed by atoms with Crippen LogP contribution in [0.3, 0.4) is 0 Å². The summed E-state index contributed by atoms with van der Waals surface area (Å²) in [5.41, 5.74) is 2.60. The predicted molar refractivity (Wildman–Crippen MR) is 138 cm³/mol. The third-order valence-corrected chi connectivity index (χ3v) is 6.89. The van der Waals surface area contributed by atoms with Crippen molar-refractivity contribution in [3.05, 3.63) is 92.0 Å². The van der Waals surface area contributed by atoms with Crippen LogP contribution in [0, 0.1) is 16.0 Å². The molecule has 0 saturated carbocycles. The summed E-state index contributed by atoms with van der Waals surface area (Å²) in [6.45, 7) is 5.81. The van der Waals surface area contributed by atoms with Crippen molar-refractivity contribution in [3.63, 3.8) is 0 Å². The number of nitrogens with zero attached hydrogens (tertiary/aromatic N) is 3. The van der Waals surface area contributed by atoms with E-state index >= 15 is 0 Å². The van der Waals surface area contributed by atoms with E-state index < -0.39 is 4.92 Å². The largest absolute Gasteiger partial charge is 0.351 e. The highest BCUT2D eigenvalue weighted by molar-refractivity contribution is 6.42. The summed E-state index contributed by atoms with van der Waals surface area (Å²) in [6, 6.07) is 11.8. The Balaban J connectivity index is 1.58. The smallest absolute Gasteiger partial charge is 0.269 e. The molecule has 3 rings (SSSR count). The van der Waals surface area contributed by atoms with Crippen LogP contribution in [0.4, 0.5) is 5.69 Å². The second-order valence-corrected chi connectivity index (χ2v) is 9.30. The van der Waals surface area contributed by atoms with Gasteiger partial charge in [0.15, 0.2) is 0 Å². The van der Waals surface area contributed by atoms with Gasteiger partial charge in [0.2, 0.25) is 5.91 Å². The zero-order valence-electron chi connectivity index (χ0n) is 19.7. The summed E-state index contributed by atoms with van der Waals surface area (Å²) in [5, 5.41) is 18.4. The van der Waals surface area contributed by atoms with E-state index in [0.29, 0.717) is 29.7 Å². The van der Waals surface area contributed by atoms with Crippen LogP contribution < -0.4 is 10.6 Å². The Bertz CT molecular complexity index is 1150. The van der Waals surface area contributed by atoms with E-state index in [-0.39, 0.29) is 30.0 Å². The van der Waals surface area contributed by atoms with Crippen LogP contribution in [0.2, 0.25) is 10.0 Å². The number of amides is 1. The molecule has 0 aliphatic rings. The lowest BCUT2D eigenvalue weighted by molar-refractivity contribution is -0.384. The number of hydrogen-bond donors (Lipinski definition) is 2. The molecular weight excluding hydrogens is 489 g/mol. The second-order valence-electron chi connectivity index (χ2n) is 8.52. The summed E-state index contributed by atoms with van der Waals surface area (Å²) >= 11 is 12.4. The molecule has 0 aliphatic heterocycles. The van der Waals surface area contributed by atoms with Gasteiger partial charge < -0.3 is 15.2 Å². The number of aromatic nitrogens is 2. The van der Waals surface area contributed by atoms with Gasteiger partial charge in [0.25, 0.3) is 5.69 Å². The number of nitro groups is 1. The Hall–Kier alpha value is -2.94. The lowest BCUT2D eigenvalue weighted by Crippen LogP contribution is -2.46. The standard InChI is InChI=1S/C25H29Cl2N5O3/c1-3-17(2)23(14-28-12-19-5-4-6-22(26)25(19)27)30-24(33)11-21-13-29-16-31(21)15-18-7-9-20(10-8-18)32(34)35/h4-10,13,16-17,23,28H,3,11-12,14-15H2,1-2H3,(H,30,33)/t17-,23+/m0/s1. The maximum atomic E-state index is 12.9. The number of hydrogen-bond acceptors (Lipinski definition) is 5. The summed E-state index contributed by atoms with van der Waals surface area (Å²) in [5.74, 6) is 0.176. The molecule has 0 saturated heterocycles. The average Bonchev–Trinajstić information content (AvgIpc) is 3.27. The monoisotopic (exact) mass is 517 g/mol. The predicted octanol–water partition coefficient (Wildman–Crippen LogP) is 5.01. The van der Waals surface area contributed by atoms with Crippen LogP contribution in [-0.2, 0) is 24.3 Å². The molecule has 1 amide bonds. The first-order valence-corrected chi connectivity index (χ1v) is 12.2. The van der Waals surface area contributed by atoms with Gasteiger partial charge in [-0.3, -0.25) is 14.9 Å². The SMILES string of the molecule is CC[C@H](C)[C@@H](CNCc1cccc(Cl)c1Cl)NC(=O)Cc1cncn1Cc1ccc([N+](=O)[O-])cc1. The van der Waals surface area contributed by atoms with Crippen LogP contribution in [0.25, 0.3) is 0 Å². The van der Waals surface area contributed by atoms with Crippen molar-refractivity contribution in [1.82, 2.24) is 20.2 Å². The fourth-order valence-corrected chi connectivity index (χ4v) is 4.09. The summed E-state index contributed by atoms with van der Waals surface area (Å²) in [4.78, 5) is 27.5. The highest BCUT2D eigenvalue weighted by Gasteiger charge is 2.19. The van der Waals surface area contributed by atoms with E-state index in [2.05, 4.69) is 29.5 Å². The number of rotatable bonds is 12. The van der Waals surface area contributed by atoms with Crippen LogP contribution >= 0.6 is 23.2 Å². The molecule has 0 unspecified atom stereocenters. The van der Waals surface area contributed by atoms with Crippen molar-refractivity contribution < 1.29 is 9.72 Å². The van der Waals surface area contributed by atoms with Gasteiger partial charge in [-0.15, -0.1) is 0 Å². The minimum Gasteiger partial charge on any atom is -0.351 e. The molecule has 0 fully saturated rings. The molecule has 0 bridgehead atoms. The molecule has 186 valence electrons. The minimum atomic E-state index is -0.428. The molecule has 0 spiro atoms. The van der Waals surface area contributed by atoms with Crippen LogP contribution in [0.1, 0.15) is 37.1 Å². The van der Waals surface area contributed by atoms with Gasteiger partial charge >= 0.3 is 0 Å². The quantitative estimate of drug-likeness (QED) is 0.259. The molecule has 2 aromatic carbocycles. The number of carbonyl (C=O) groups is 1. The van der Waals surface area contributed by atoms with Gasteiger partial charge in [0.1, 0.15) is 0 Å². The maximum absolute atomic E-state index is 12.9. The van der Waals surface area contributed by atoms with Crippen molar-refractivity contribution in [2.45, 2.75) is 45.8 Å². The Morgan fingerprint density at radius 1 is 1.20 bits per heavy atom. The highest BCUT2D eigenvalue weighted by Crippen LogP contribution is 2.25. The first kappa shape index (κ1) is 26.7. The Kier molecular flexibility index (Phi) is 9.65. The number of benzene rings is 2.